The molecule has 0 aliphatic carbocycles. The first kappa shape index (κ1) is 8.94. The van der Waals surface area contributed by atoms with Gasteiger partial charge in [-0.15, -0.1) is 6.58 Å². The normalized spacial score (nSPS) is 12.4. The van der Waals surface area contributed by atoms with Crippen LogP contribution in [0, 0.1) is 0 Å². The molecule has 0 saturated heterocycles. The van der Waals surface area contributed by atoms with Crippen molar-refractivity contribution in [1.82, 2.24) is 4.98 Å². The van der Waals surface area contributed by atoms with Crippen LogP contribution in [-0.2, 0) is 6.42 Å². The fourth-order valence-electron chi connectivity index (χ4n) is 0.978. The van der Waals surface area contributed by atoms with Crippen LogP contribution in [0.4, 0.5) is 0 Å². The van der Waals surface area contributed by atoms with Crippen LogP contribution in [0.5, 0.6) is 0 Å². The first-order chi connectivity index (χ1) is 5.83. The molecule has 0 aliphatic heterocycles. The molecule has 1 rings (SSSR count). The number of hydrogen-bond acceptors (Lipinski definition) is 2. The van der Waals surface area contributed by atoms with E-state index in [1.165, 1.54) is 0 Å². The minimum Gasteiger partial charge on any atom is -0.389 e. The summed E-state index contributed by atoms with van der Waals surface area (Å²) in [6, 6.07) is 3.90. The maximum atomic E-state index is 9.18. The van der Waals surface area contributed by atoms with Gasteiger partial charge in [0.05, 0.1) is 6.10 Å². The molecular formula is C10H13NO. The standard InChI is InChI=1S/C10H13NO/c1-2-10(12)6-5-9-4-3-7-11-8-9/h2-4,7-8,10,12H,1,5-6H2. The van der Waals surface area contributed by atoms with E-state index in [1.54, 1.807) is 12.3 Å². The van der Waals surface area contributed by atoms with Crippen LogP contribution in [-0.4, -0.2) is 16.2 Å². The fourth-order valence-corrected chi connectivity index (χ4v) is 0.978. The Hall–Kier alpha value is -1.15. The zero-order valence-electron chi connectivity index (χ0n) is 6.98. The van der Waals surface area contributed by atoms with E-state index in [0.29, 0.717) is 0 Å². The van der Waals surface area contributed by atoms with Crippen molar-refractivity contribution in [1.29, 1.82) is 0 Å². The van der Waals surface area contributed by atoms with Gasteiger partial charge in [-0.25, -0.2) is 0 Å². The molecule has 1 aromatic rings. The van der Waals surface area contributed by atoms with Gasteiger partial charge in [-0.3, -0.25) is 4.98 Å². The quantitative estimate of drug-likeness (QED) is 0.683. The third kappa shape index (κ3) is 2.84. The largest absolute Gasteiger partial charge is 0.389 e. The van der Waals surface area contributed by atoms with E-state index in [0.717, 1.165) is 18.4 Å². The number of aliphatic hydroxyl groups is 1. The van der Waals surface area contributed by atoms with Crippen molar-refractivity contribution >= 4 is 0 Å². The summed E-state index contributed by atoms with van der Waals surface area (Å²) in [5.41, 5.74) is 1.15. The van der Waals surface area contributed by atoms with Crippen LogP contribution >= 0.6 is 0 Å². The monoisotopic (exact) mass is 163 g/mol. The second-order valence-corrected chi connectivity index (χ2v) is 2.70. The Kier molecular flexibility index (Phi) is 3.48. The van der Waals surface area contributed by atoms with Gasteiger partial charge < -0.3 is 5.11 Å². The van der Waals surface area contributed by atoms with E-state index in [2.05, 4.69) is 11.6 Å². The molecule has 1 atom stereocenters. The molecule has 0 aromatic carbocycles. The van der Waals surface area contributed by atoms with Crippen LogP contribution in [0.25, 0.3) is 0 Å². The van der Waals surface area contributed by atoms with Crippen LogP contribution in [0.2, 0.25) is 0 Å². The fraction of sp³-hybridized carbons (Fsp3) is 0.300. The van der Waals surface area contributed by atoms with E-state index < -0.39 is 6.10 Å². The molecule has 0 fully saturated rings. The van der Waals surface area contributed by atoms with Crippen molar-refractivity contribution < 1.29 is 5.11 Å². The molecule has 0 aliphatic rings. The summed E-state index contributed by atoms with van der Waals surface area (Å²) >= 11 is 0. The highest BCUT2D eigenvalue weighted by Gasteiger charge is 1.98. The Morgan fingerprint density at radius 1 is 1.67 bits per heavy atom. The summed E-state index contributed by atoms with van der Waals surface area (Å²) in [5.74, 6) is 0. The summed E-state index contributed by atoms with van der Waals surface area (Å²) < 4.78 is 0. The minimum absolute atomic E-state index is 0.398. The Labute approximate surface area is 72.6 Å². The lowest BCUT2D eigenvalue weighted by Gasteiger charge is -2.03. The average Bonchev–Trinajstić information content (AvgIpc) is 2.16. The second kappa shape index (κ2) is 4.67. The van der Waals surface area contributed by atoms with Crippen LogP contribution in [0.15, 0.2) is 37.2 Å². The van der Waals surface area contributed by atoms with Crippen LogP contribution < -0.4 is 0 Å². The lowest BCUT2D eigenvalue weighted by Crippen LogP contribution is -2.03. The molecule has 1 N–H and O–H groups in total. The van der Waals surface area contributed by atoms with Crippen molar-refractivity contribution in [3.8, 4) is 0 Å². The highest BCUT2D eigenvalue weighted by atomic mass is 16.3. The predicted octanol–water partition coefficient (Wildman–Crippen LogP) is 1.56. The number of hydrogen-bond donors (Lipinski definition) is 1. The molecule has 0 spiro atoms. The molecule has 0 amide bonds. The van der Waals surface area contributed by atoms with Crippen molar-refractivity contribution in [2.24, 2.45) is 0 Å². The third-order valence-electron chi connectivity index (χ3n) is 1.72. The molecule has 1 unspecified atom stereocenters. The van der Waals surface area contributed by atoms with Gasteiger partial charge in [0.25, 0.3) is 0 Å². The Morgan fingerprint density at radius 2 is 2.50 bits per heavy atom. The van der Waals surface area contributed by atoms with Crippen molar-refractivity contribution in [3.63, 3.8) is 0 Å². The Morgan fingerprint density at radius 3 is 3.08 bits per heavy atom. The maximum Gasteiger partial charge on any atom is 0.0721 e. The van der Waals surface area contributed by atoms with E-state index >= 15 is 0 Å². The highest BCUT2D eigenvalue weighted by Crippen LogP contribution is 2.03. The zero-order valence-corrected chi connectivity index (χ0v) is 6.98. The predicted molar refractivity (Wildman–Crippen MR) is 48.8 cm³/mol. The Balaban J connectivity index is 2.38. The van der Waals surface area contributed by atoms with Gasteiger partial charge >= 0.3 is 0 Å². The first-order valence-electron chi connectivity index (χ1n) is 4.02. The van der Waals surface area contributed by atoms with Gasteiger partial charge in [0.2, 0.25) is 0 Å². The SMILES string of the molecule is C=CC(O)CCc1cccnc1. The lowest BCUT2D eigenvalue weighted by atomic mass is 10.1. The van der Waals surface area contributed by atoms with E-state index in [1.807, 2.05) is 18.3 Å². The van der Waals surface area contributed by atoms with Gasteiger partial charge in [-0.2, -0.15) is 0 Å². The number of aromatic nitrogens is 1. The van der Waals surface area contributed by atoms with Crippen LogP contribution in [0.1, 0.15) is 12.0 Å². The summed E-state index contributed by atoms with van der Waals surface area (Å²) in [5, 5.41) is 9.18. The average molecular weight is 163 g/mol. The summed E-state index contributed by atoms with van der Waals surface area (Å²) in [4.78, 5) is 3.98. The Bertz CT molecular complexity index is 233. The molecule has 64 valence electrons. The maximum absolute atomic E-state index is 9.18. The summed E-state index contributed by atoms with van der Waals surface area (Å²) in [6.07, 6.45) is 6.28. The zero-order chi connectivity index (χ0) is 8.81. The van der Waals surface area contributed by atoms with Gasteiger partial charge in [0, 0.05) is 12.4 Å². The van der Waals surface area contributed by atoms with Crippen molar-refractivity contribution in [2.75, 3.05) is 0 Å². The molecule has 0 saturated carbocycles. The third-order valence-corrected chi connectivity index (χ3v) is 1.72. The number of pyridine rings is 1. The molecule has 2 nitrogen and oxygen atoms in total. The van der Waals surface area contributed by atoms with Gasteiger partial charge in [-0.1, -0.05) is 12.1 Å². The lowest BCUT2D eigenvalue weighted by molar-refractivity contribution is 0.213. The topological polar surface area (TPSA) is 33.1 Å². The molecule has 1 aromatic heterocycles. The second-order valence-electron chi connectivity index (χ2n) is 2.70. The molecule has 2 heteroatoms. The summed E-state index contributed by atoms with van der Waals surface area (Å²) in [7, 11) is 0. The molecule has 0 radical (unpaired) electrons. The molecule has 0 bridgehead atoms. The summed E-state index contributed by atoms with van der Waals surface area (Å²) in [6.45, 7) is 3.51. The molecular weight excluding hydrogens is 150 g/mol. The van der Waals surface area contributed by atoms with E-state index in [9.17, 15) is 5.11 Å². The minimum atomic E-state index is -0.398. The van der Waals surface area contributed by atoms with E-state index in [-0.39, 0.29) is 0 Å². The molecule has 12 heavy (non-hydrogen) atoms. The number of aryl methyl sites for hydroxylation is 1. The van der Waals surface area contributed by atoms with Crippen molar-refractivity contribution in [3.05, 3.63) is 42.7 Å². The number of aliphatic hydroxyl groups excluding tert-OH is 1. The number of nitrogens with zero attached hydrogens (tertiary/aromatic N) is 1. The van der Waals surface area contributed by atoms with Crippen LogP contribution in [0.3, 0.4) is 0 Å². The smallest absolute Gasteiger partial charge is 0.0721 e. The molecule has 1 heterocycles. The first-order valence-corrected chi connectivity index (χ1v) is 4.02. The van der Waals surface area contributed by atoms with Crippen molar-refractivity contribution in [2.45, 2.75) is 18.9 Å². The highest BCUT2D eigenvalue weighted by molar-refractivity contribution is 5.08. The van der Waals surface area contributed by atoms with Gasteiger partial charge in [-0.05, 0) is 24.5 Å². The van der Waals surface area contributed by atoms with Gasteiger partial charge in [0.15, 0.2) is 0 Å². The van der Waals surface area contributed by atoms with E-state index in [4.69, 9.17) is 0 Å². The number of rotatable bonds is 4. The van der Waals surface area contributed by atoms with Gasteiger partial charge in [0.1, 0.15) is 0 Å².